The lowest BCUT2D eigenvalue weighted by Crippen LogP contribution is -2.21. The molecular formula is C23H35N11O4. The molecule has 38 heavy (non-hydrogen) atoms. The predicted octanol–water partition coefficient (Wildman–Crippen LogP) is 1.16. The highest BCUT2D eigenvalue weighted by atomic mass is 16.7. The number of aromatic nitrogens is 8. The molecule has 0 saturated carbocycles. The summed E-state index contributed by atoms with van der Waals surface area (Å²) in [5.41, 5.74) is 19.3. The van der Waals surface area contributed by atoms with E-state index in [1.165, 1.54) is 31.9 Å². The summed E-state index contributed by atoms with van der Waals surface area (Å²) in [5, 5.41) is 19.0. The second-order valence-corrected chi connectivity index (χ2v) is 9.07. The molecule has 4 aromatic rings. The molecule has 2 unspecified atom stereocenters. The van der Waals surface area contributed by atoms with Crippen LogP contribution < -0.4 is 17.2 Å². The first kappa shape index (κ1) is 27.4. The maximum Gasteiger partial charge on any atom is 0.224 e. The molecule has 5 rings (SSSR count). The van der Waals surface area contributed by atoms with Crippen LogP contribution >= 0.6 is 0 Å². The molecule has 0 bridgehead atoms. The van der Waals surface area contributed by atoms with Crippen LogP contribution in [0.25, 0.3) is 22.3 Å². The van der Waals surface area contributed by atoms with E-state index in [1.54, 1.807) is 17.8 Å². The van der Waals surface area contributed by atoms with Crippen LogP contribution in [-0.2, 0) is 9.47 Å². The molecule has 1 saturated heterocycles. The van der Waals surface area contributed by atoms with E-state index < -0.39 is 18.6 Å². The maximum atomic E-state index is 10.0. The molecule has 1 aliphatic rings. The summed E-state index contributed by atoms with van der Waals surface area (Å²) in [6.45, 7) is 4.08. The molecule has 1 aliphatic heterocycles. The lowest BCUT2D eigenvalue weighted by atomic mass is 10.0. The summed E-state index contributed by atoms with van der Waals surface area (Å²) < 4.78 is 14.2. The number of nitrogens with zero attached hydrogens (tertiary/aromatic N) is 8. The molecule has 0 spiro atoms. The first-order chi connectivity index (χ1) is 18.3. The van der Waals surface area contributed by atoms with Gasteiger partial charge in [-0.2, -0.15) is 9.97 Å². The molecule has 206 valence electrons. The van der Waals surface area contributed by atoms with Gasteiger partial charge in [0.05, 0.1) is 38.0 Å². The topological polar surface area (TPSA) is 224 Å². The van der Waals surface area contributed by atoms with Crippen LogP contribution in [0, 0.1) is 0 Å². The molecule has 0 amide bonds. The average Bonchev–Trinajstić information content (AvgIpc) is 3.63. The highest BCUT2D eigenvalue weighted by molar-refractivity contribution is 5.83. The van der Waals surface area contributed by atoms with E-state index in [0.717, 1.165) is 12.8 Å². The average molecular weight is 530 g/mol. The molecule has 8 N–H and O–H groups in total. The van der Waals surface area contributed by atoms with Gasteiger partial charge in [0.15, 0.2) is 35.4 Å². The van der Waals surface area contributed by atoms with Gasteiger partial charge >= 0.3 is 0 Å². The fourth-order valence-corrected chi connectivity index (χ4v) is 4.36. The van der Waals surface area contributed by atoms with E-state index in [-0.39, 0.29) is 24.4 Å². The Kier molecular flexibility index (Phi) is 8.83. The normalized spacial score (nSPS) is 18.9. The number of unbranched alkanes of at least 4 members (excludes halogenated alkanes) is 3. The Morgan fingerprint density at radius 3 is 2.47 bits per heavy atom. The Hall–Kier alpha value is -3.66. The van der Waals surface area contributed by atoms with Crippen LogP contribution in [0.5, 0.6) is 0 Å². The fraction of sp³-hybridized carbons (Fsp3) is 0.565. The van der Waals surface area contributed by atoms with Crippen LogP contribution in [0.3, 0.4) is 0 Å². The summed E-state index contributed by atoms with van der Waals surface area (Å²) in [6, 6.07) is -0.0221. The number of imidazole rings is 2. The summed E-state index contributed by atoms with van der Waals surface area (Å²) in [6.07, 6.45) is 8.78. The van der Waals surface area contributed by atoms with Crippen molar-refractivity contribution in [2.45, 2.75) is 70.6 Å². The Labute approximate surface area is 219 Å². The maximum absolute atomic E-state index is 10.0. The fourth-order valence-electron chi connectivity index (χ4n) is 4.36. The van der Waals surface area contributed by atoms with Crippen LogP contribution in [-0.4, -0.2) is 74.9 Å². The zero-order valence-corrected chi connectivity index (χ0v) is 21.5. The number of rotatable bonds is 9. The van der Waals surface area contributed by atoms with Gasteiger partial charge in [0, 0.05) is 0 Å². The van der Waals surface area contributed by atoms with Crippen molar-refractivity contribution in [3.05, 3.63) is 19.0 Å². The molecule has 1 fully saturated rings. The van der Waals surface area contributed by atoms with Gasteiger partial charge in [-0.3, -0.25) is 4.57 Å². The molecule has 0 aromatic carbocycles. The highest BCUT2D eigenvalue weighted by Crippen LogP contribution is 2.27. The van der Waals surface area contributed by atoms with Crippen molar-refractivity contribution >= 4 is 39.9 Å². The standard InChI is InChI=1S/C14H23N5O.C9H12N6O3/c1-3-4-5-6-7-11(10(2)20)19-9-18-12-13(15)16-8-17-14(12)19;10-7-6-8(14-9(11)13-7)15(3-12-6)4-2-17-5(1-16)18-4/h8-11,20H,3-7H2,1-2H3,(H2,15,16,17);3-5,16H,1-2H2,(H4,10,11,13,14)/t;4-,5-/m.1/s1. The zero-order chi connectivity index (χ0) is 27.2. The predicted molar refractivity (Wildman–Crippen MR) is 140 cm³/mol. The van der Waals surface area contributed by atoms with Crippen molar-refractivity contribution in [1.29, 1.82) is 0 Å². The van der Waals surface area contributed by atoms with E-state index in [9.17, 15) is 5.11 Å². The highest BCUT2D eigenvalue weighted by Gasteiger charge is 2.28. The number of ether oxygens (including phenoxy) is 2. The Morgan fingerprint density at radius 2 is 1.76 bits per heavy atom. The van der Waals surface area contributed by atoms with Crippen molar-refractivity contribution in [2.75, 3.05) is 30.4 Å². The molecule has 4 atom stereocenters. The van der Waals surface area contributed by atoms with Gasteiger partial charge in [0.25, 0.3) is 0 Å². The molecule has 0 aliphatic carbocycles. The zero-order valence-electron chi connectivity index (χ0n) is 21.5. The smallest absolute Gasteiger partial charge is 0.224 e. The van der Waals surface area contributed by atoms with Gasteiger partial charge in [0.2, 0.25) is 5.95 Å². The second-order valence-electron chi connectivity index (χ2n) is 9.07. The third-order valence-electron chi connectivity index (χ3n) is 6.31. The van der Waals surface area contributed by atoms with Gasteiger partial charge in [-0.1, -0.05) is 32.6 Å². The third kappa shape index (κ3) is 5.91. The monoisotopic (exact) mass is 529 g/mol. The van der Waals surface area contributed by atoms with Gasteiger partial charge in [0.1, 0.15) is 17.4 Å². The van der Waals surface area contributed by atoms with Gasteiger partial charge in [-0.05, 0) is 13.3 Å². The summed E-state index contributed by atoms with van der Waals surface area (Å²) >= 11 is 0. The Morgan fingerprint density at radius 1 is 1.00 bits per heavy atom. The lowest BCUT2D eigenvalue weighted by molar-refractivity contribution is -0.0980. The number of anilines is 3. The minimum Gasteiger partial charge on any atom is -0.391 e. The summed E-state index contributed by atoms with van der Waals surface area (Å²) in [4.78, 5) is 24.5. The quantitative estimate of drug-likeness (QED) is 0.192. The molecule has 5 heterocycles. The van der Waals surface area contributed by atoms with E-state index in [4.69, 9.17) is 31.8 Å². The van der Waals surface area contributed by atoms with Crippen molar-refractivity contribution in [3.8, 4) is 0 Å². The molecular weight excluding hydrogens is 494 g/mol. The molecule has 0 radical (unpaired) electrons. The number of nitrogen functional groups attached to an aromatic ring is 3. The minimum absolute atomic E-state index is 0.0221. The number of aliphatic hydroxyl groups excluding tert-OH is 2. The van der Waals surface area contributed by atoms with Crippen LogP contribution in [0.1, 0.15) is 58.2 Å². The van der Waals surface area contributed by atoms with Crippen molar-refractivity contribution < 1.29 is 19.7 Å². The number of hydrogen-bond donors (Lipinski definition) is 5. The van der Waals surface area contributed by atoms with Crippen LogP contribution in [0.15, 0.2) is 19.0 Å². The SMILES string of the molecule is CCCCCCC(C(C)O)n1cnc2c(N)ncnc21.Nc1nc(N)c2ncn([C@H]3CO[C@@H](CO)O3)c2n1. The Balaban J connectivity index is 0.000000178. The van der Waals surface area contributed by atoms with Crippen molar-refractivity contribution in [2.24, 2.45) is 0 Å². The number of nitrogens with two attached hydrogens (primary N) is 3. The number of hydrogen-bond acceptors (Lipinski definition) is 13. The van der Waals surface area contributed by atoms with Gasteiger partial charge in [-0.15, -0.1) is 0 Å². The lowest BCUT2D eigenvalue weighted by Gasteiger charge is -2.21. The minimum atomic E-state index is -0.635. The summed E-state index contributed by atoms with van der Waals surface area (Å²) in [5.74, 6) is 0.664. The van der Waals surface area contributed by atoms with E-state index in [0.29, 0.717) is 34.8 Å². The summed E-state index contributed by atoms with van der Waals surface area (Å²) in [7, 11) is 0. The first-order valence-electron chi connectivity index (χ1n) is 12.6. The van der Waals surface area contributed by atoms with Crippen molar-refractivity contribution in [3.63, 3.8) is 0 Å². The first-order valence-corrected chi connectivity index (χ1v) is 12.6. The van der Waals surface area contributed by atoms with Gasteiger partial charge < -0.3 is 41.5 Å². The number of aliphatic hydroxyl groups is 2. The van der Waals surface area contributed by atoms with E-state index >= 15 is 0 Å². The van der Waals surface area contributed by atoms with Crippen LogP contribution in [0.4, 0.5) is 17.6 Å². The van der Waals surface area contributed by atoms with Crippen molar-refractivity contribution in [1.82, 2.24) is 39.0 Å². The number of fused-ring (bicyclic) bond motifs is 2. The third-order valence-corrected chi connectivity index (χ3v) is 6.31. The van der Waals surface area contributed by atoms with E-state index in [2.05, 4.69) is 36.8 Å². The molecule has 15 heteroatoms. The molecule has 4 aromatic heterocycles. The van der Waals surface area contributed by atoms with E-state index in [1.807, 2.05) is 4.57 Å². The van der Waals surface area contributed by atoms with Gasteiger partial charge in [-0.25, -0.2) is 19.9 Å². The molecule has 15 nitrogen and oxygen atoms in total. The van der Waals surface area contributed by atoms with Crippen LogP contribution in [0.2, 0.25) is 0 Å². The Bertz CT molecular complexity index is 1340. The second kappa shape index (κ2) is 12.3. The largest absolute Gasteiger partial charge is 0.391 e.